The second-order valence-corrected chi connectivity index (χ2v) is 7.60. The summed E-state index contributed by atoms with van der Waals surface area (Å²) < 4.78 is 17.7. The number of fused-ring (bicyclic) bond motifs is 1. The highest BCUT2D eigenvalue weighted by atomic mass is 19.1. The molecular formula is C24H19FN6O. The van der Waals surface area contributed by atoms with Crippen LogP contribution in [-0.4, -0.2) is 35.1 Å². The predicted octanol–water partition coefficient (Wildman–Crippen LogP) is 4.06. The number of hydrogen-bond acceptors (Lipinski definition) is 5. The molecule has 0 aliphatic carbocycles. The van der Waals surface area contributed by atoms with Crippen molar-refractivity contribution >= 4 is 11.4 Å². The van der Waals surface area contributed by atoms with E-state index in [1.807, 2.05) is 49.4 Å². The van der Waals surface area contributed by atoms with Gasteiger partial charge in [0.05, 0.1) is 18.1 Å². The van der Waals surface area contributed by atoms with Crippen LogP contribution in [0, 0.1) is 12.7 Å². The molecule has 4 heterocycles. The number of benzene rings is 1. The second kappa shape index (κ2) is 7.81. The minimum Gasteiger partial charge on any atom is -0.292 e. The Morgan fingerprint density at radius 1 is 1.12 bits per heavy atom. The Morgan fingerprint density at radius 2 is 1.94 bits per heavy atom. The molecule has 0 amide bonds. The number of carbonyl (C=O) groups is 1. The van der Waals surface area contributed by atoms with Gasteiger partial charge in [-0.2, -0.15) is 5.10 Å². The molecule has 0 bridgehead atoms. The average Bonchev–Trinajstić information content (AvgIpc) is 3.38. The summed E-state index contributed by atoms with van der Waals surface area (Å²) >= 11 is 0. The van der Waals surface area contributed by atoms with Gasteiger partial charge in [-0.15, -0.1) is 5.10 Å². The number of rotatable bonds is 5. The van der Waals surface area contributed by atoms with Crippen molar-refractivity contribution < 1.29 is 9.18 Å². The van der Waals surface area contributed by atoms with Crippen molar-refractivity contribution in [3.63, 3.8) is 0 Å². The van der Waals surface area contributed by atoms with E-state index in [1.165, 1.54) is 15.4 Å². The number of carbonyl (C=O) groups excluding carboxylic acids is 1. The lowest BCUT2D eigenvalue weighted by molar-refractivity contribution is 0.0983. The summed E-state index contributed by atoms with van der Waals surface area (Å²) in [4.78, 5) is 22.0. The van der Waals surface area contributed by atoms with E-state index in [1.54, 1.807) is 25.5 Å². The number of ketones is 1. The lowest BCUT2D eigenvalue weighted by atomic mass is 10.0. The van der Waals surface area contributed by atoms with E-state index in [0.29, 0.717) is 28.4 Å². The van der Waals surface area contributed by atoms with E-state index in [9.17, 15) is 9.18 Å². The molecule has 5 aromatic rings. The fraction of sp³-hybridized carbons (Fsp3) is 0.125. The van der Waals surface area contributed by atoms with Crippen molar-refractivity contribution in [2.45, 2.75) is 13.3 Å². The minimum absolute atomic E-state index is 0.131. The van der Waals surface area contributed by atoms with Crippen molar-refractivity contribution in [3.8, 4) is 22.6 Å². The molecule has 0 radical (unpaired) electrons. The Hall–Kier alpha value is -4.20. The van der Waals surface area contributed by atoms with Gasteiger partial charge in [-0.1, -0.05) is 30.3 Å². The van der Waals surface area contributed by atoms with Gasteiger partial charge >= 0.3 is 0 Å². The molecule has 7 nitrogen and oxygen atoms in total. The summed E-state index contributed by atoms with van der Waals surface area (Å²) in [5.74, 6) is -0.282. The van der Waals surface area contributed by atoms with Crippen molar-refractivity contribution in [3.05, 3.63) is 89.8 Å². The molecule has 158 valence electrons. The summed E-state index contributed by atoms with van der Waals surface area (Å²) in [6, 6.07) is 14.8. The normalized spacial score (nSPS) is 11.2. The smallest absolute Gasteiger partial charge is 0.186 e. The number of aromatic nitrogens is 6. The van der Waals surface area contributed by atoms with E-state index >= 15 is 0 Å². The van der Waals surface area contributed by atoms with Crippen LogP contribution < -0.4 is 0 Å². The third kappa shape index (κ3) is 3.56. The number of hydrogen-bond donors (Lipinski definition) is 0. The third-order valence-corrected chi connectivity index (χ3v) is 5.28. The standard InChI is InChI=1S/C24H19FN6O/c1-15-8-9-26-20(10-15)18-13-27-30(2)23(18)21(32)11-17-12-22-28-24(16-6-4-3-5-7-16)29-31(22)14-19(17)25/h3-10,12-14H,11H2,1-2H3. The highest BCUT2D eigenvalue weighted by Crippen LogP contribution is 2.24. The molecule has 0 saturated carbocycles. The first-order valence-corrected chi connectivity index (χ1v) is 10.1. The van der Waals surface area contributed by atoms with Crippen LogP contribution in [0.15, 0.2) is 67.1 Å². The van der Waals surface area contributed by atoms with Crippen molar-refractivity contribution in [2.75, 3.05) is 0 Å². The lowest BCUT2D eigenvalue weighted by Gasteiger charge is -2.07. The maximum absolute atomic E-state index is 14.8. The number of aryl methyl sites for hydroxylation is 2. The molecular weight excluding hydrogens is 407 g/mol. The molecule has 1 aromatic carbocycles. The van der Waals surface area contributed by atoms with E-state index in [2.05, 4.69) is 20.2 Å². The number of pyridine rings is 2. The maximum atomic E-state index is 14.8. The van der Waals surface area contributed by atoms with Gasteiger partial charge in [0.15, 0.2) is 17.3 Å². The van der Waals surface area contributed by atoms with Crippen LogP contribution in [0.1, 0.15) is 21.6 Å². The van der Waals surface area contributed by atoms with Crippen LogP contribution in [0.3, 0.4) is 0 Å². The zero-order chi connectivity index (χ0) is 22.2. The molecule has 32 heavy (non-hydrogen) atoms. The van der Waals surface area contributed by atoms with E-state index in [-0.39, 0.29) is 17.8 Å². The molecule has 0 fully saturated rings. The summed E-state index contributed by atoms with van der Waals surface area (Å²) in [5.41, 5.74) is 4.24. The monoisotopic (exact) mass is 426 g/mol. The maximum Gasteiger partial charge on any atom is 0.186 e. The van der Waals surface area contributed by atoms with Crippen molar-refractivity contribution in [1.29, 1.82) is 0 Å². The van der Waals surface area contributed by atoms with Gasteiger partial charge in [0.2, 0.25) is 0 Å². The molecule has 0 unspecified atom stereocenters. The topological polar surface area (TPSA) is 78.0 Å². The van der Waals surface area contributed by atoms with Crippen LogP contribution in [0.5, 0.6) is 0 Å². The average molecular weight is 426 g/mol. The molecule has 0 atom stereocenters. The molecule has 4 aromatic heterocycles. The van der Waals surface area contributed by atoms with Gasteiger partial charge in [-0.3, -0.25) is 14.5 Å². The molecule has 0 aliphatic rings. The van der Waals surface area contributed by atoms with Crippen LogP contribution in [0.2, 0.25) is 0 Å². The summed E-state index contributed by atoms with van der Waals surface area (Å²) in [5, 5.41) is 8.58. The van der Waals surface area contributed by atoms with Crippen LogP contribution >= 0.6 is 0 Å². The number of Topliss-reactive ketones (excluding diaryl/α,β-unsaturated/α-hetero) is 1. The van der Waals surface area contributed by atoms with Crippen molar-refractivity contribution in [2.24, 2.45) is 7.05 Å². The summed E-state index contributed by atoms with van der Waals surface area (Å²) in [6.07, 6.45) is 4.42. The first-order chi connectivity index (χ1) is 15.5. The second-order valence-electron chi connectivity index (χ2n) is 7.60. The minimum atomic E-state index is -0.521. The Labute approximate surface area is 183 Å². The van der Waals surface area contributed by atoms with Gasteiger partial charge in [-0.05, 0) is 30.7 Å². The molecule has 0 spiro atoms. The van der Waals surface area contributed by atoms with Crippen LogP contribution in [-0.2, 0) is 13.5 Å². The van der Waals surface area contributed by atoms with Gasteiger partial charge in [0, 0.05) is 36.4 Å². The Bertz CT molecular complexity index is 1450. The lowest BCUT2D eigenvalue weighted by Crippen LogP contribution is -2.12. The first kappa shape index (κ1) is 19.7. The fourth-order valence-electron chi connectivity index (χ4n) is 3.68. The van der Waals surface area contributed by atoms with E-state index in [0.717, 1.165) is 11.1 Å². The Balaban J connectivity index is 1.49. The molecule has 8 heteroatoms. The fourth-order valence-corrected chi connectivity index (χ4v) is 3.68. The zero-order valence-corrected chi connectivity index (χ0v) is 17.5. The Kier molecular flexibility index (Phi) is 4.82. The summed E-state index contributed by atoms with van der Waals surface area (Å²) in [6.45, 7) is 1.95. The van der Waals surface area contributed by atoms with Gasteiger partial charge < -0.3 is 0 Å². The molecule has 0 N–H and O–H groups in total. The molecule has 0 saturated heterocycles. The first-order valence-electron chi connectivity index (χ1n) is 10.1. The third-order valence-electron chi connectivity index (χ3n) is 5.28. The molecule has 5 rings (SSSR count). The van der Waals surface area contributed by atoms with Gasteiger partial charge in [0.1, 0.15) is 11.5 Å². The SMILES string of the molecule is Cc1ccnc(-c2cnn(C)c2C(=O)Cc2cc3nc(-c4ccccc4)nn3cc2F)c1. The highest BCUT2D eigenvalue weighted by molar-refractivity contribution is 6.01. The zero-order valence-electron chi connectivity index (χ0n) is 17.5. The molecule has 0 aliphatic heterocycles. The number of halogens is 1. The van der Waals surface area contributed by atoms with Crippen molar-refractivity contribution in [1.82, 2.24) is 29.4 Å². The summed E-state index contributed by atoms with van der Waals surface area (Å²) in [7, 11) is 1.69. The number of nitrogens with zero attached hydrogens (tertiary/aromatic N) is 6. The highest BCUT2D eigenvalue weighted by Gasteiger charge is 2.21. The Morgan fingerprint density at radius 3 is 2.72 bits per heavy atom. The van der Waals surface area contributed by atoms with E-state index < -0.39 is 5.82 Å². The predicted molar refractivity (Wildman–Crippen MR) is 118 cm³/mol. The van der Waals surface area contributed by atoms with Crippen LogP contribution in [0.4, 0.5) is 4.39 Å². The quantitative estimate of drug-likeness (QED) is 0.396. The largest absolute Gasteiger partial charge is 0.292 e. The van der Waals surface area contributed by atoms with Crippen LogP contribution in [0.25, 0.3) is 28.3 Å². The van der Waals surface area contributed by atoms with E-state index in [4.69, 9.17) is 0 Å². The van der Waals surface area contributed by atoms with Gasteiger partial charge in [0.25, 0.3) is 0 Å². The van der Waals surface area contributed by atoms with Gasteiger partial charge in [-0.25, -0.2) is 13.9 Å².